The van der Waals surface area contributed by atoms with Gasteiger partial charge in [0.25, 0.3) is 5.56 Å². The molecule has 1 aliphatic rings. The SMILES string of the molecule is CCCCn1c(O)c(C2=NN(C(C)=O)[C@H](c3ccc(OC)c(OC)c3)C2)c(=O)[nH]c1=S. The Kier molecular flexibility index (Phi) is 6.79. The Morgan fingerprint density at radius 3 is 2.65 bits per heavy atom. The van der Waals surface area contributed by atoms with E-state index in [0.29, 0.717) is 23.8 Å². The molecule has 0 bridgehead atoms. The van der Waals surface area contributed by atoms with E-state index in [1.165, 1.54) is 23.6 Å². The number of aromatic amines is 1. The Hall–Kier alpha value is -3.14. The first-order valence-electron chi connectivity index (χ1n) is 9.98. The van der Waals surface area contributed by atoms with Crippen LogP contribution >= 0.6 is 12.2 Å². The zero-order valence-corrected chi connectivity index (χ0v) is 18.8. The van der Waals surface area contributed by atoms with Crippen molar-refractivity contribution in [2.75, 3.05) is 14.2 Å². The van der Waals surface area contributed by atoms with Crippen molar-refractivity contribution < 1.29 is 19.4 Å². The lowest BCUT2D eigenvalue weighted by atomic mass is 9.98. The first-order chi connectivity index (χ1) is 14.8. The second-order valence-electron chi connectivity index (χ2n) is 7.21. The Bertz CT molecular complexity index is 1140. The number of nitrogens with zero attached hydrogens (tertiary/aromatic N) is 3. The Morgan fingerprint density at radius 2 is 2.03 bits per heavy atom. The number of methoxy groups -OCH3 is 2. The highest BCUT2D eigenvalue weighted by atomic mass is 32.1. The summed E-state index contributed by atoms with van der Waals surface area (Å²) in [6.45, 7) is 3.89. The number of carbonyl (C=O) groups excluding carboxylic acids is 1. The molecule has 1 aliphatic heterocycles. The number of H-pyrrole nitrogens is 1. The quantitative estimate of drug-likeness (QED) is 0.633. The van der Waals surface area contributed by atoms with Crippen LogP contribution in [0.25, 0.3) is 0 Å². The summed E-state index contributed by atoms with van der Waals surface area (Å²) in [7, 11) is 3.08. The maximum Gasteiger partial charge on any atom is 0.264 e. The summed E-state index contributed by atoms with van der Waals surface area (Å²) in [5, 5.41) is 16.5. The third-order valence-corrected chi connectivity index (χ3v) is 5.54. The van der Waals surface area contributed by atoms with Crippen LogP contribution in [0.4, 0.5) is 0 Å². The number of aromatic hydroxyl groups is 1. The maximum absolute atomic E-state index is 12.7. The standard InChI is InChI=1S/C21H26N4O5S/c1-5-6-9-24-20(28)18(19(27)22-21(24)31)14-11-15(25(23-14)12(2)26)13-7-8-16(29-3)17(10-13)30-4/h7-8,10,15,28H,5-6,9,11H2,1-4H3,(H,22,27,31)/t15-/m0/s1. The number of ether oxygens (including phenoxy) is 2. The molecule has 3 rings (SSSR count). The van der Waals surface area contributed by atoms with E-state index >= 15 is 0 Å². The highest BCUT2D eigenvalue weighted by Crippen LogP contribution is 2.37. The number of rotatable bonds is 7. The lowest BCUT2D eigenvalue weighted by molar-refractivity contribution is -0.130. The van der Waals surface area contributed by atoms with Crippen LogP contribution in [0, 0.1) is 4.77 Å². The van der Waals surface area contributed by atoms with E-state index in [-0.39, 0.29) is 28.5 Å². The molecular weight excluding hydrogens is 420 g/mol. The van der Waals surface area contributed by atoms with Gasteiger partial charge in [-0.2, -0.15) is 5.10 Å². The fourth-order valence-electron chi connectivity index (χ4n) is 3.61. The summed E-state index contributed by atoms with van der Waals surface area (Å²) < 4.78 is 12.3. The lowest BCUT2D eigenvalue weighted by Crippen LogP contribution is -2.24. The van der Waals surface area contributed by atoms with E-state index in [0.717, 1.165) is 18.4 Å². The maximum atomic E-state index is 12.7. The molecule has 0 radical (unpaired) electrons. The summed E-state index contributed by atoms with van der Waals surface area (Å²) in [6.07, 6.45) is 1.93. The van der Waals surface area contributed by atoms with Gasteiger partial charge in [0.15, 0.2) is 16.3 Å². The van der Waals surface area contributed by atoms with Gasteiger partial charge < -0.3 is 14.6 Å². The Morgan fingerprint density at radius 1 is 1.32 bits per heavy atom. The molecular formula is C21H26N4O5S. The van der Waals surface area contributed by atoms with Gasteiger partial charge in [-0.05, 0) is 36.3 Å². The summed E-state index contributed by atoms with van der Waals surface area (Å²) in [5.41, 5.74) is 0.569. The zero-order chi connectivity index (χ0) is 22.7. The molecule has 166 valence electrons. The predicted molar refractivity (Wildman–Crippen MR) is 118 cm³/mol. The van der Waals surface area contributed by atoms with Crippen LogP contribution in [-0.2, 0) is 11.3 Å². The van der Waals surface area contributed by atoms with Crippen LogP contribution < -0.4 is 15.0 Å². The predicted octanol–water partition coefficient (Wildman–Crippen LogP) is 3.13. The molecule has 0 unspecified atom stereocenters. The van der Waals surface area contributed by atoms with E-state index in [1.807, 2.05) is 13.0 Å². The van der Waals surface area contributed by atoms with Gasteiger partial charge in [-0.1, -0.05) is 19.4 Å². The summed E-state index contributed by atoms with van der Waals surface area (Å²) in [6, 6.07) is 4.88. The molecule has 1 aromatic heterocycles. The molecule has 1 aromatic carbocycles. The molecule has 2 heterocycles. The van der Waals surface area contributed by atoms with Crippen molar-refractivity contribution in [3.8, 4) is 17.4 Å². The topological polar surface area (TPSA) is 109 Å². The minimum Gasteiger partial charge on any atom is -0.494 e. The van der Waals surface area contributed by atoms with Gasteiger partial charge in [-0.15, -0.1) is 0 Å². The van der Waals surface area contributed by atoms with Gasteiger partial charge in [0, 0.05) is 19.9 Å². The molecule has 2 aromatic rings. The van der Waals surface area contributed by atoms with Crippen molar-refractivity contribution >= 4 is 23.8 Å². The van der Waals surface area contributed by atoms with Gasteiger partial charge in [0.2, 0.25) is 11.8 Å². The number of hydrogen-bond acceptors (Lipinski definition) is 7. The number of unbranched alkanes of at least 4 members (excludes halogenated alkanes) is 1. The van der Waals surface area contributed by atoms with E-state index in [2.05, 4.69) is 10.1 Å². The number of hydrazone groups is 1. The van der Waals surface area contributed by atoms with Gasteiger partial charge in [0.05, 0.1) is 26.0 Å². The molecule has 2 N–H and O–H groups in total. The van der Waals surface area contributed by atoms with E-state index in [9.17, 15) is 14.7 Å². The molecule has 31 heavy (non-hydrogen) atoms. The van der Waals surface area contributed by atoms with Crippen molar-refractivity contribution in [2.24, 2.45) is 5.10 Å². The third-order valence-electron chi connectivity index (χ3n) is 5.22. The molecule has 0 fully saturated rings. The van der Waals surface area contributed by atoms with Crippen molar-refractivity contribution in [3.63, 3.8) is 0 Å². The van der Waals surface area contributed by atoms with Gasteiger partial charge in [-0.25, -0.2) is 5.01 Å². The minimum atomic E-state index is -0.537. The zero-order valence-electron chi connectivity index (χ0n) is 18.0. The Labute approximate surface area is 184 Å². The molecule has 0 aliphatic carbocycles. The molecule has 9 nitrogen and oxygen atoms in total. The van der Waals surface area contributed by atoms with E-state index in [1.54, 1.807) is 19.2 Å². The van der Waals surface area contributed by atoms with Crippen LogP contribution in [0.3, 0.4) is 0 Å². The second kappa shape index (κ2) is 9.34. The summed E-state index contributed by atoms with van der Waals surface area (Å²) in [5.74, 6) is 0.555. The molecule has 1 atom stereocenters. The molecule has 0 saturated heterocycles. The first kappa shape index (κ1) is 22.5. The van der Waals surface area contributed by atoms with Crippen LogP contribution in [0.15, 0.2) is 28.1 Å². The second-order valence-corrected chi connectivity index (χ2v) is 7.59. The van der Waals surface area contributed by atoms with Crippen LogP contribution in [0.5, 0.6) is 17.4 Å². The van der Waals surface area contributed by atoms with Crippen molar-refractivity contribution in [2.45, 2.75) is 45.7 Å². The Balaban J connectivity index is 2.06. The summed E-state index contributed by atoms with van der Waals surface area (Å²) in [4.78, 5) is 27.6. The number of hydrogen-bond donors (Lipinski definition) is 2. The molecule has 1 amide bonds. The third kappa shape index (κ3) is 4.34. The van der Waals surface area contributed by atoms with E-state index in [4.69, 9.17) is 21.7 Å². The minimum absolute atomic E-state index is 0.0268. The number of benzene rings is 1. The highest BCUT2D eigenvalue weighted by Gasteiger charge is 2.34. The fraction of sp³-hybridized carbons (Fsp3) is 0.429. The van der Waals surface area contributed by atoms with Gasteiger partial charge in [0.1, 0.15) is 5.56 Å². The number of nitrogens with one attached hydrogen (secondary N) is 1. The first-order valence-corrected chi connectivity index (χ1v) is 10.4. The highest BCUT2D eigenvalue weighted by molar-refractivity contribution is 7.71. The largest absolute Gasteiger partial charge is 0.494 e. The van der Waals surface area contributed by atoms with Crippen molar-refractivity contribution in [1.82, 2.24) is 14.6 Å². The van der Waals surface area contributed by atoms with Crippen LogP contribution in [0.2, 0.25) is 0 Å². The fourth-order valence-corrected chi connectivity index (χ4v) is 3.89. The summed E-state index contributed by atoms with van der Waals surface area (Å²) >= 11 is 5.21. The average Bonchev–Trinajstić information content (AvgIpc) is 3.18. The van der Waals surface area contributed by atoms with Crippen LogP contribution in [0.1, 0.15) is 50.3 Å². The molecule has 10 heteroatoms. The average molecular weight is 447 g/mol. The monoisotopic (exact) mass is 446 g/mol. The van der Waals surface area contributed by atoms with Crippen LogP contribution in [-0.4, -0.2) is 45.5 Å². The van der Waals surface area contributed by atoms with Gasteiger partial charge >= 0.3 is 0 Å². The van der Waals surface area contributed by atoms with Gasteiger partial charge in [-0.3, -0.25) is 19.1 Å². The molecule has 0 saturated carbocycles. The molecule has 0 spiro atoms. The van der Waals surface area contributed by atoms with E-state index < -0.39 is 11.6 Å². The number of amides is 1. The normalized spacial score (nSPS) is 15.7. The number of aromatic nitrogens is 2. The van der Waals surface area contributed by atoms with Crippen molar-refractivity contribution in [3.05, 3.63) is 44.5 Å². The smallest absolute Gasteiger partial charge is 0.264 e. The lowest BCUT2D eigenvalue weighted by Gasteiger charge is -2.21. The number of carbonyl (C=O) groups is 1. The van der Waals surface area contributed by atoms with Crippen molar-refractivity contribution in [1.29, 1.82) is 0 Å².